The van der Waals surface area contributed by atoms with Crippen molar-refractivity contribution < 1.29 is 9.13 Å². The molecule has 0 aliphatic heterocycles. The van der Waals surface area contributed by atoms with E-state index in [-0.39, 0.29) is 40.8 Å². The van der Waals surface area contributed by atoms with Gasteiger partial charge in [0.15, 0.2) is 0 Å². The van der Waals surface area contributed by atoms with Crippen molar-refractivity contribution in [1.29, 1.82) is 32.5 Å². The molecule has 0 unspecified atom stereocenters. The summed E-state index contributed by atoms with van der Waals surface area (Å²) in [6.07, 6.45) is 12.4. The summed E-state index contributed by atoms with van der Waals surface area (Å²) in [5.41, 5.74) is 70.2. The third-order valence-corrected chi connectivity index (χ3v) is 19.4. The van der Waals surface area contributed by atoms with Gasteiger partial charge in [0, 0.05) is 84.1 Å². The maximum Gasteiger partial charge on any atom is 0.123 e. The number of halogens is 1. The van der Waals surface area contributed by atoms with E-state index >= 15 is 0 Å². The zero-order valence-corrected chi connectivity index (χ0v) is 78.7. The smallest absolute Gasteiger partial charge is 0.123 e. The van der Waals surface area contributed by atoms with E-state index in [4.69, 9.17) is 84.4 Å². The highest BCUT2D eigenvalue weighted by Gasteiger charge is 2.07. The van der Waals surface area contributed by atoms with Crippen molar-refractivity contribution in [3.8, 4) is 77.8 Å². The van der Waals surface area contributed by atoms with Crippen molar-refractivity contribution in [2.75, 3.05) is 39.7 Å². The van der Waals surface area contributed by atoms with E-state index < -0.39 is 0 Å². The number of anilines is 6. The number of hydrogen-bond donors (Lipinski definition) is 18. The van der Waals surface area contributed by atoms with Crippen LogP contribution in [0.25, 0.3) is 0 Å². The van der Waals surface area contributed by atoms with Crippen molar-refractivity contribution in [3.63, 3.8) is 0 Å². The second kappa shape index (κ2) is 57.1. The second-order valence-corrected chi connectivity index (χ2v) is 30.2. The number of nitrogens with two attached hydrogens (primary N) is 6. The van der Waals surface area contributed by atoms with Gasteiger partial charge in [-0.1, -0.05) is 151 Å². The number of terminal acetylenes is 2. The van der Waals surface area contributed by atoms with Crippen LogP contribution in [0.5, 0.6) is 5.75 Å². The first-order valence-electron chi connectivity index (χ1n) is 44.2. The number of rotatable bonds is 25. The topological polar surface area (TPSA) is 542 Å². The molecule has 0 radical (unpaired) electrons. The average molecular weight is 1930 g/mol. The summed E-state index contributed by atoms with van der Waals surface area (Å²) < 4.78 is 18.1. The monoisotopic (exact) mass is 1930 g/mol. The lowest BCUT2D eigenvalue weighted by Gasteiger charge is -2.01. The lowest BCUT2D eigenvalue weighted by atomic mass is 10.1. The Morgan fingerprint density at radius 3 is 0.857 bits per heavy atom. The molecule has 0 saturated heterocycles. The molecule has 0 aliphatic rings. The van der Waals surface area contributed by atoms with Crippen molar-refractivity contribution in [1.82, 2.24) is 4.98 Å². The molecule has 0 aliphatic carbocycles. The van der Waals surface area contributed by atoms with Gasteiger partial charge in [0.2, 0.25) is 0 Å². The average Bonchev–Trinajstić information content (AvgIpc) is 0.902. The Bertz CT molecular complexity index is 7610. The number of hydrogen-bond acceptors (Lipinski definition) is 20. The predicted molar refractivity (Wildman–Crippen MR) is 582 cm³/mol. The number of nitrogen functional groups attached to an aromatic ring is 6. The molecule has 33 heteroatoms. The number of nitrogens with zero attached hydrogens (tertiary/aromatic N) is 13. The van der Waals surface area contributed by atoms with Crippen molar-refractivity contribution in [2.45, 2.75) is 0 Å². The number of benzene rings is 15. The summed E-state index contributed by atoms with van der Waals surface area (Å²) in [6, 6.07) is 116. The summed E-state index contributed by atoms with van der Waals surface area (Å²) in [7, 11) is 1.64. The lowest BCUT2D eigenvalue weighted by molar-refractivity contribution is 0.415. The summed E-state index contributed by atoms with van der Waals surface area (Å²) in [6.45, 7) is 0. The van der Waals surface area contributed by atoms with Crippen molar-refractivity contribution >= 4 is 103 Å². The van der Waals surface area contributed by atoms with Crippen LogP contribution in [0.2, 0.25) is 0 Å². The molecule has 0 spiro atoms. The Morgan fingerprint density at radius 2 is 0.537 bits per heavy atom. The highest BCUT2D eigenvalue weighted by molar-refractivity contribution is 5.98. The highest BCUT2D eigenvalue weighted by atomic mass is 19.1. The normalized spacial score (nSPS) is 10.2. The Labute approximate surface area is 848 Å². The number of nitrogens with one attached hydrogen (secondary N) is 12. The van der Waals surface area contributed by atoms with E-state index in [1.807, 2.05) is 200 Å². The molecule has 24 N–H and O–H groups in total. The minimum absolute atomic E-state index is 0.00942. The molecule has 15 aromatic carbocycles. The molecule has 1 aromatic heterocycles. The van der Waals surface area contributed by atoms with Gasteiger partial charge in [-0.2, -0.15) is 0 Å². The molecule has 16 aromatic rings. The zero-order valence-electron chi connectivity index (χ0n) is 78.7. The number of aromatic nitrogens is 1. The molecule has 718 valence electrons. The van der Waals surface area contributed by atoms with Gasteiger partial charge in [-0.05, 0) is 327 Å². The molecule has 32 nitrogen and oxygen atoms in total. The summed E-state index contributed by atoms with van der Waals surface area (Å²) in [4.78, 5) is 4.17. The molecule has 147 heavy (non-hydrogen) atoms. The Morgan fingerprint density at radius 1 is 0.265 bits per heavy atom. The van der Waals surface area contributed by atoms with Crippen LogP contribution in [0.15, 0.2) is 456 Å². The third kappa shape index (κ3) is 37.6. The van der Waals surface area contributed by atoms with E-state index in [2.05, 4.69) is 159 Å². The summed E-state index contributed by atoms with van der Waals surface area (Å²) >= 11 is 0. The van der Waals surface area contributed by atoms with Crippen LogP contribution >= 0.6 is 0 Å². The van der Waals surface area contributed by atoms with Crippen LogP contribution in [0.3, 0.4) is 0 Å². The van der Waals surface area contributed by atoms with Crippen LogP contribution in [0.1, 0.15) is 89.1 Å². The molecular weight excluding hydrogens is 1840 g/mol. The van der Waals surface area contributed by atoms with E-state index in [1.54, 1.807) is 189 Å². The molecule has 0 fully saturated rings. The first-order valence-corrected chi connectivity index (χ1v) is 44.2. The van der Waals surface area contributed by atoms with Gasteiger partial charge in [-0.15, -0.1) is 43.5 Å². The molecule has 0 amide bonds. The van der Waals surface area contributed by atoms with Crippen molar-refractivity contribution in [3.05, 3.63) is 489 Å². The Balaban J connectivity index is 0.000000168. The van der Waals surface area contributed by atoms with Crippen molar-refractivity contribution in [2.24, 2.45) is 96.4 Å². The highest BCUT2D eigenvalue weighted by Crippen LogP contribution is 2.25. The quantitative estimate of drug-likeness (QED) is 0.00832. The predicted octanol–water partition coefficient (Wildman–Crippen LogP) is 23.6. The van der Waals surface area contributed by atoms with E-state index in [0.717, 1.165) is 90.1 Å². The van der Waals surface area contributed by atoms with E-state index in [9.17, 15) is 4.39 Å². The maximum atomic E-state index is 12.9. The Hall–Kier alpha value is -22.2. The van der Waals surface area contributed by atoms with Gasteiger partial charge in [0.05, 0.1) is 75.2 Å². The number of amidine groups is 6. The third-order valence-electron chi connectivity index (χ3n) is 19.4. The van der Waals surface area contributed by atoms with Crippen LogP contribution in [0.4, 0.5) is 72.6 Å². The van der Waals surface area contributed by atoms with Gasteiger partial charge >= 0.3 is 0 Å². The SMILES string of the molecule is C#Cc1cccc(NN=Nc2ccc(C(=N)N)cc2)c1.C#Cc1ccccc1N=NNc1ccc(C(=N)N)cc1.COc1ccc(C#Cc2cccc(NN=Nc3ccc(C(=N)N)cc3)c2)cc1.N=C(N)c1ccc(N=NNc2cccc(C#Cc3ccc(F)cc3)c2)cc1.N=C(N)c1ccc(N=NNc2cccc(C#Cc3ccccc3)c2)cc1.N=C(N)c1ccc(N=NNc2cccc(C#Cc3ccccn3)c2)cc1. The molecular formula is C114H94FN31O. The minimum atomic E-state index is -0.284. The fraction of sp³-hybridized carbons (Fsp3) is 0.00877. The van der Waals surface area contributed by atoms with Gasteiger partial charge in [0.25, 0.3) is 0 Å². The summed E-state index contributed by atoms with van der Waals surface area (Å²) in [5, 5.41) is 92.1. The van der Waals surface area contributed by atoms with Crippen LogP contribution in [0, 0.1) is 110 Å². The minimum Gasteiger partial charge on any atom is -0.497 e. The fourth-order valence-electron chi connectivity index (χ4n) is 11.9. The lowest BCUT2D eigenvalue weighted by Crippen LogP contribution is -2.10. The van der Waals surface area contributed by atoms with Crippen LogP contribution in [-0.4, -0.2) is 47.1 Å². The molecule has 0 atom stereocenters. The van der Waals surface area contributed by atoms with E-state index in [1.165, 1.54) is 12.1 Å². The molecule has 1 heterocycles. The van der Waals surface area contributed by atoms with Gasteiger partial charge in [-0.25, -0.2) is 9.37 Å². The molecule has 16 rings (SSSR count). The summed E-state index contributed by atoms with van der Waals surface area (Å²) in [5.74, 6) is 30.4. The number of ether oxygens (including phenoxy) is 1. The van der Waals surface area contributed by atoms with E-state index in [0.29, 0.717) is 73.1 Å². The van der Waals surface area contributed by atoms with Gasteiger partial charge in [-0.3, -0.25) is 65.0 Å². The zero-order chi connectivity index (χ0) is 104. The van der Waals surface area contributed by atoms with Crippen LogP contribution in [-0.2, 0) is 0 Å². The second-order valence-electron chi connectivity index (χ2n) is 30.2. The molecule has 0 bridgehead atoms. The fourth-order valence-corrected chi connectivity index (χ4v) is 11.9. The standard InChI is InChI=1S/C22H19N5O.C21H16FN5.C21H17N5.C20H16N6.2C15H13N5/c1-28-21-13-7-16(8-14-21)5-6-17-3-2-4-20(15-17)26-27-25-19-11-9-18(10-12-19)22(23)24;22-18-10-6-15(7-11-18)4-5-16-2-1-3-20(14-16)26-27-25-19-12-8-17(9-13-19)21(23)24;22-21(23)18-11-13-19(14-12-18)24-26-25-20-8-4-7-17(15-20)10-9-16-5-2-1-3-6-16;21-20(22)16-8-11-18(12-9-16)24-26-25-19-6-3-4-15(14-19)7-10-17-5-1-2-13-23-17;1-2-11-4-3-5-14(10-11)19-20-18-13-8-6-12(7-9-13)15(16)17;1-2-11-5-3-4-6-14(11)19-20-18-13-9-7-12(8-10-13)15(16)17/h2-4,7-15H,1H3,(H3,23,24)(H,25,26);1-3,6-14H,(H3,23,24)(H,25,26);1-8,11-15H,(H3,22,23)(H,24,25);1-6,8-9,11-14H,(H3,21,22)(H,24,25);2*1,3-10H,(H3,16,17)(H,18,19). The Kier molecular flexibility index (Phi) is 40.9. The molecule has 0 saturated carbocycles. The first kappa shape index (κ1) is 105. The number of methoxy groups -OCH3 is 1. The van der Waals surface area contributed by atoms with Crippen LogP contribution < -0.4 is 71.7 Å². The van der Waals surface area contributed by atoms with Gasteiger partial charge < -0.3 is 39.1 Å². The van der Waals surface area contributed by atoms with Gasteiger partial charge in [0.1, 0.15) is 58.0 Å². The largest absolute Gasteiger partial charge is 0.497 e. The maximum absolute atomic E-state index is 12.9. The first-order chi connectivity index (χ1) is 71.5. The number of pyridine rings is 1.